The summed E-state index contributed by atoms with van der Waals surface area (Å²) in [6, 6.07) is 5.56. The van der Waals surface area contributed by atoms with Crippen LogP contribution in [0.1, 0.15) is 29.6 Å². The van der Waals surface area contributed by atoms with E-state index in [1.807, 2.05) is 0 Å². The van der Waals surface area contributed by atoms with Crippen LogP contribution in [0.3, 0.4) is 0 Å². The number of nitrogens with zero attached hydrogens (tertiary/aromatic N) is 1. The van der Waals surface area contributed by atoms with Crippen molar-refractivity contribution in [1.29, 1.82) is 0 Å². The minimum atomic E-state index is -3.51. The number of carbonyl (C=O) groups excluding carboxylic acids is 2. The quantitative estimate of drug-likeness (QED) is 0.759. The van der Waals surface area contributed by atoms with E-state index in [1.165, 1.54) is 28.6 Å². The van der Waals surface area contributed by atoms with Gasteiger partial charge in [-0.1, -0.05) is 0 Å². The van der Waals surface area contributed by atoms with Crippen LogP contribution in [0.5, 0.6) is 0 Å². The third-order valence-electron chi connectivity index (χ3n) is 3.93. The van der Waals surface area contributed by atoms with Crippen LogP contribution in [0.25, 0.3) is 0 Å². The van der Waals surface area contributed by atoms with Crippen LogP contribution in [0.4, 0.5) is 0 Å². The molecule has 0 unspecified atom stereocenters. The van der Waals surface area contributed by atoms with Crippen molar-refractivity contribution in [3.63, 3.8) is 0 Å². The highest BCUT2D eigenvalue weighted by Crippen LogP contribution is 2.21. The van der Waals surface area contributed by atoms with Gasteiger partial charge in [0.1, 0.15) is 0 Å². The first-order chi connectivity index (χ1) is 11.0. The molecule has 7 nitrogen and oxygen atoms in total. The number of hydrogen-bond donors (Lipinski definition) is 0. The molecule has 0 aromatic heterocycles. The average Bonchev–Trinajstić information content (AvgIpc) is 3.20. The second-order valence-corrected chi connectivity index (χ2v) is 7.42. The van der Waals surface area contributed by atoms with Gasteiger partial charge in [-0.05, 0) is 37.1 Å². The predicted molar refractivity (Wildman–Crippen MR) is 79.2 cm³/mol. The average molecular weight is 339 g/mol. The normalized spacial score (nSPS) is 22.1. The summed E-state index contributed by atoms with van der Waals surface area (Å²) in [5, 5.41) is 0. The highest BCUT2D eigenvalue weighted by Gasteiger charge is 2.31. The number of esters is 2. The molecule has 1 aromatic rings. The second-order valence-electron chi connectivity index (χ2n) is 5.49. The third kappa shape index (κ3) is 3.23. The molecule has 0 radical (unpaired) electrons. The maximum absolute atomic E-state index is 12.4. The van der Waals surface area contributed by atoms with Crippen LogP contribution in [-0.2, 0) is 24.3 Å². The number of rotatable bonds is 4. The molecule has 2 heterocycles. The summed E-state index contributed by atoms with van der Waals surface area (Å²) in [7, 11) is -3.51. The summed E-state index contributed by atoms with van der Waals surface area (Å²) in [5.41, 5.74) is 0.199. The van der Waals surface area contributed by atoms with Crippen LogP contribution in [0.15, 0.2) is 29.2 Å². The fraction of sp³-hybridized carbons (Fsp3) is 0.467. The highest BCUT2D eigenvalue weighted by atomic mass is 32.2. The number of ether oxygens (including phenoxy) is 2. The van der Waals surface area contributed by atoms with Gasteiger partial charge < -0.3 is 9.47 Å². The zero-order valence-electron chi connectivity index (χ0n) is 12.4. The number of sulfonamides is 1. The third-order valence-corrected chi connectivity index (χ3v) is 5.84. The van der Waals surface area contributed by atoms with Gasteiger partial charge in [-0.2, -0.15) is 4.31 Å². The molecule has 0 aliphatic carbocycles. The summed E-state index contributed by atoms with van der Waals surface area (Å²) in [6.07, 6.45) is 1.18. The standard InChI is InChI=1S/C15H17NO6S/c17-14(22-13-7-10-21-15(13)18)11-3-5-12(6-4-11)23(19,20)16-8-1-2-9-16/h3-6,13H,1-2,7-10H2/t13-/m0/s1. The number of cyclic esters (lactones) is 1. The molecule has 2 aliphatic heterocycles. The van der Waals surface area contributed by atoms with Crippen LogP contribution in [0.2, 0.25) is 0 Å². The smallest absolute Gasteiger partial charge is 0.347 e. The van der Waals surface area contributed by atoms with E-state index < -0.39 is 28.1 Å². The molecule has 0 amide bonds. The van der Waals surface area contributed by atoms with Gasteiger partial charge in [-0.15, -0.1) is 0 Å². The molecule has 0 saturated carbocycles. The van der Waals surface area contributed by atoms with Gasteiger partial charge in [0.2, 0.25) is 16.1 Å². The fourth-order valence-electron chi connectivity index (χ4n) is 2.62. The Morgan fingerprint density at radius 3 is 2.39 bits per heavy atom. The first-order valence-corrected chi connectivity index (χ1v) is 8.90. The minimum absolute atomic E-state index is 0.149. The van der Waals surface area contributed by atoms with Crippen LogP contribution < -0.4 is 0 Å². The first kappa shape index (κ1) is 15.9. The zero-order chi connectivity index (χ0) is 16.4. The largest absolute Gasteiger partial charge is 0.463 e. The van der Waals surface area contributed by atoms with Gasteiger partial charge in [0, 0.05) is 19.5 Å². The van der Waals surface area contributed by atoms with E-state index in [0.29, 0.717) is 19.5 Å². The molecule has 8 heteroatoms. The number of benzene rings is 1. The lowest BCUT2D eigenvalue weighted by Crippen LogP contribution is -2.28. The molecule has 1 atom stereocenters. The summed E-state index contributed by atoms with van der Waals surface area (Å²) in [4.78, 5) is 23.4. The molecule has 0 N–H and O–H groups in total. The lowest BCUT2D eigenvalue weighted by molar-refractivity contribution is -0.145. The highest BCUT2D eigenvalue weighted by molar-refractivity contribution is 7.89. The van der Waals surface area contributed by atoms with Crippen molar-refractivity contribution in [2.45, 2.75) is 30.3 Å². The van der Waals surface area contributed by atoms with Crippen molar-refractivity contribution in [1.82, 2.24) is 4.31 Å². The Balaban J connectivity index is 1.71. The molecule has 3 rings (SSSR count). The summed E-state index contributed by atoms with van der Waals surface area (Å²) < 4.78 is 36.0. The first-order valence-electron chi connectivity index (χ1n) is 7.46. The van der Waals surface area contributed by atoms with E-state index in [-0.39, 0.29) is 17.1 Å². The Labute approximate surface area is 134 Å². The van der Waals surface area contributed by atoms with Crippen molar-refractivity contribution in [3.8, 4) is 0 Å². The van der Waals surface area contributed by atoms with Crippen LogP contribution >= 0.6 is 0 Å². The Morgan fingerprint density at radius 2 is 1.83 bits per heavy atom. The molecule has 124 valence electrons. The van der Waals surface area contributed by atoms with Crippen LogP contribution in [-0.4, -0.2) is 50.5 Å². The lowest BCUT2D eigenvalue weighted by Gasteiger charge is -2.15. The lowest BCUT2D eigenvalue weighted by atomic mass is 10.2. The molecule has 23 heavy (non-hydrogen) atoms. The topological polar surface area (TPSA) is 90.0 Å². The predicted octanol–water partition coefficient (Wildman–Crippen LogP) is 0.943. The Hall–Kier alpha value is -1.93. The van der Waals surface area contributed by atoms with Crippen molar-refractivity contribution >= 4 is 22.0 Å². The van der Waals surface area contributed by atoms with Gasteiger partial charge in [-0.25, -0.2) is 18.0 Å². The minimum Gasteiger partial charge on any atom is -0.463 e. The van der Waals surface area contributed by atoms with Gasteiger partial charge in [0.25, 0.3) is 0 Å². The van der Waals surface area contributed by atoms with Gasteiger partial charge in [-0.3, -0.25) is 0 Å². The van der Waals surface area contributed by atoms with E-state index in [9.17, 15) is 18.0 Å². The number of hydrogen-bond acceptors (Lipinski definition) is 6. The van der Waals surface area contributed by atoms with Crippen molar-refractivity contribution in [2.24, 2.45) is 0 Å². The van der Waals surface area contributed by atoms with Gasteiger partial charge in [0.15, 0.2) is 0 Å². The van der Waals surface area contributed by atoms with Crippen LogP contribution in [0, 0.1) is 0 Å². The number of carbonyl (C=O) groups is 2. The molecule has 2 saturated heterocycles. The Kier molecular flexibility index (Phi) is 4.36. The summed E-state index contributed by atoms with van der Waals surface area (Å²) in [5.74, 6) is -1.22. The van der Waals surface area contributed by atoms with E-state index in [1.54, 1.807) is 0 Å². The van der Waals surface area contributed by atoms with Gasteiger partial charge >= 0.3 is 11.9 Å². The van der Waals surface area contributed by atoms with Crippen molar-refractivity contribution < 1.29 is 27.5 Å². The molecule has 1 aromatic carbocycles. The van der Waals surface area contributed by atoms with E-state index in [0.717, 1.165) is 12.8 Å². The Morgan fingerprint density at radius 1 is 1.17 bits per heavy atom. The maximum Gasteiger partial charge on any atom is 0.347 e. The Bertz CT molecular complexity index is 706. The summed E-state index contributed by atoms with van der Waals surface area (Å²) >= 11 is 0. The molecule has 0 bridgehead atoms. The van der Waals surface area contributed by atoms with E-state index >= 15 is 0 Å². The molecule has 0 spiro atoms. The van der Waals surface area contributed by atoms with Crippen molar-refractivity contribution in [3.05, 3.63) is 29.8 Å². The second kappa shape index (κ2) is 6.29. The fourth-order valence-corrected chi connectivity index (χ4v) is 4.14. The van der Waals surface area contributed by atoms with E-state index in [4.69, 9.17) is 9.47 Å². The molecular weight excluding hydrogens is 322 g/mol. The maximum atomic E-state index is 12.4. The zero-order valence-corrected chi connectivity index (χ0v) is 13.3. The van der Waals surface area contributed by atoms with Crippen molar-refractivity contribution in [2.75, 3.05) is 19.7 Å². The monoisotopic (exact) mass is 339 g/mol. The molecule has 2 fully saturated rings. The van der Waals surface area contributed by atoms with Gasteiger partial charge in [0.05, 0.1) is 17.1 Å². The molecular formula is C15H17NO6S. The SMILES string of the molecule is O=C(O[C@H]1CCOC1=O)c1ccc(S(=O)(=O)N2CCCC2)cc1. The molecule has 2 aliphatic rings. The van der Waals surface area contributed by atoms with E-state index in [2.05, 4.69) is 0 Å². The summed E-state index contributed by atoms with van der Waals surface area (Å²) in [6.45, 7) is 1.29.